The first kappa shape index (κ1) is 23.7. The highest BCUT2D eigenvalue weighted by atomic mass is 16.5. The van der Waals surface area contributed by atoms with Crippen LogP contribution in [0.1, 0.15) is 86.2 Å². The average Bonchev–Trinajstić information content (AvgIpc) is 3.09. The molecule has 7 heteroatoms. The second-order valence-electron chi connectivity index (χ2n) is 8.24. The predicted molar refractivity (Wildman–Crippen MR) is 126 cm³/mol. The maximum Gasteiger partial charge on any atom is 0.338 e. The number of aryl methyl sites for hydroxylation is 2. The maximum atomic E-state index is 12.7. The number of rotatable bonds is 12. The van der Waals surface area contributed by atoms with E-state index >= 15 is 0 Å². The van der Waals surface area contributed by atoms with Crippen molar-refractivity contribution in [3.05, 3.63) is 57.3 Å². The summed E-state index contributed by atoms with van der Waals surface area (Å²) in [4.78, 5) is 32.4. The second-order valence-corrected chi connectivity index (χ2v) is 8.24. The molecule has 0 fully saturated rings. The monoisotopic (exact) mass is 438 g/mol. The van der Waals surface area contributed by atoms with Gasteiger partial charge in [0.25, 0.3) is 5.56 Å². The lowest BCUT2D eigenvalue weighted by atomic mass is 10.1. The molecule has 0 bridgehead atoms. The third kappa shape index (κ3) is 6.05. The van der Waals surface area contributed by atoms with Crippen LogP contribution in [-0.2, 0) is 17.7 Å². The Kier molecular flexibility index (Phi) is 8.59. The van der Waals surface area contributed by atoms with E-state index < -0.39 is 0 Å². The van der Waals surface area contributed by atoms with E-state index in [9.17, 15) is 9.59 Å². The first-order valence-electron chi connectivity index (χ1n) is 11.8. The van der Waals surface area contributed by atoms with Gasteiger partial charge >= 0.3 is 5.97 Å². The van der Waals surface area contributed by atoms with Crippen molar-refractivity contribution < 1.29 is 9.53 Å². The number of nitrogens with one attached hydrogen (secondary N) is 1. The van der Waals surface area contributed by atoms with Crippen molar-refractivity contribution in [1.82, 2.24) is 19.7 Å². The van der Waals surface area contributed by atoms with E-state index in [0.717, 1.165) is 24.9 Å². The van der Waals surface area contributed by atoms with Crippen LogP contribution in [0.15, 0.2) is 29.1 Å². The van der Waals surface area contributed by atoms with Gasteiger partial charge in [0.05, 0.1) is 17.9 Å². The van der Waals surface area contributed by atoms with Crippen molar-refractivity contribution in [2.75, 3.05) is 6.61 Å². The number of nitrogens with zero attached hydrogens (tertiary/aromatic N) is 3. The fourth-order valence-electron chi connectivity index (χ4n) is 3.97. The van der Waals surface area contributed by atoms with Crippen molar-refractivity contribution in [2.24, 2.45) is 0 Å². The van der Waals surface area contributed by atoms with Gasteiger partial charge in [-0.1, -0.05) is 57.6 Å². The number of H-pyrrole nitrogens is 1. The number of carbonyl (C=O) groups is 1. The SMILES string of the molecule is CCCCCCCCCn1nc(C)c2c(=O)[nH]c(Cc3cccc(C(=O)OCC)c3)nc21. The van der Waals surface area contributed by atoms with E-state index in [2.05, 4.69) is 17.0 Å². The first-order valence-corrected chi connectivity index (χ1v) is 11.8. The summed E-state index contributed by atoms with van der Waals surface area (Å²) >= 11 is 0. The lowest BCUT2D eigenvalue weighted by Gasteiger charge is -2.07. The topological polar surface area (TPSA) is 89.9 Å². The predicted octanol–water partition coefficient (Wildman–Crippen LogP) is 4.95. The number of ether oxygens (including phenoxy) is 1. The highest BCUT2D eigenvalue weighted by Gasteiger charge is 2.15. The van der Waals surface area contributed by atoms with E-state index in [-0.39, 0.29) is 11.5 Å². The Morgan fingerprint density at radius 2 is 1.84 bits per heavy atom. The molecular formula is C25H34N4O3. The molecule has 2 heterocycles. The van der Waals surface area contributed by atoms with Gasteiger partial charge in [0.15, 0.2) is 5.65 Å². The summed E-state index contributed by atoms with van der Waals surface area (Å²) < 4.78 is 6.94. The number of benzene rings is 1. The van der Waals surface area contributed by atoms with E-state index in [1.54, 1.807) is 19.1 Å². The summed E-state index contributed by atoms with van der Waals surface area (Å²) in [6.07, 6.45) is 8.97. The van der Waals surface area contributed by atoms with E-state index in [4.69, 9.17) is 9.72 Å². The number of esters is 1. The van der Waals surface area contributed by atoms with Crippen molar-refractivity contribution in [3.8, 4) is 0 Å². The lowest BCUT2D eigenvalue weighted by molar-refractivity contribution is 0.0526. The van der Waals surface area contributed by atoms with Crippen LogP contribution in [0.2, 0.25) is 0 Å². The van der Waals surface area contributed by atoms with Crippen LogP contribution in [0, 0.1) is 6.92 Å². The number of hydrogen-bond acceptors (Lipinski definition) is 5. The molecule has 0 atom stereocenters. The van der Waals surface area contributed by atoms with Crippen LogP contribution in [0.4, 0.5) is 0 Å². The number of aromatic nitrogens is 4. The largest absolute Gasteiger partial charge is 0.462 e. The van der Waals surface area contributed by atoms with Crippen LogP contribution in [-0.4, -0.2) is 32.3 Å². The molecule has 3 aromatic rings. The zero-order valence-electron chi connectivity index (χ0n) is 19.4. The smallest absolute Gasteiger partial charge is 0.338 e. The molecule has 172 valence electrons. The Hall–Kier alpha value is -2.96. The molecule has 0 unspecified atom stereocenters. The number of hydrogen-bond donors (Lipinski definition) is 1. The van der Waals surface area contributed by atoms with Gasteiger partial charge in [-0.3, -0.25) is 4.79 Å². The molecule has 32 heavy (non-hydrogen) atoms. The quantitative estimate of drug-likeness (QED) is 0.319. The van der Waals surface area contributed by atoms with Crippen molar-refractivity contribution in [2.45, 2.75) is 78.7 Å². The van der Waals surface area contributed by atoms with Crippen LogP contribution >= 0.6 is 0 Å². The van der Waals surface area contributed by atoms with Gasteiger partial charge in [-0.2, -0.15) is 5.10 Å². The molecule has 0 saturated heterocycles. The van der Waals surface area contributed by atoms with E-state index in [1.165, 1.54) is 32.1 Å². The van der Waals surface area contributed by atoms with Gasteiger partial charge in [-0.25, -0.2) is 14.5 Å². The molecule has 0 saturated carbocycles. The molecule has 7 nitrogen and oxygen atoms in total. The zero-order valence-corrected chi connectivity index (χ0v) is 19.4. The first-order chi connectivity index (χ1) is 15.5. The molecule has 0 aliphatic rings. The number of fused-ring (bicyclic) bond motifs is 1. The summed E-state index contributed by atoms with van der Waals surface area (Å²) in [6.45, 7) is 6.94. The Bertz CT molecular complexity index is 1100. The van der Waals surface area contributed by atoms with Crippen LogP contribution in [0.3, 0.4) is 0 Å². The lowest BCUT2D eigenvalue weighted by Crippen LogP contribution is -2.14. The Balaban J connectivity index is 1.74. The average molecular weight is 439 g/mol. The minimum Gasteiger partial charge on any atom is -0.462 e. The third-order valence-corrected chi connectivity index (χ3v) is 5.61. The molecule has 1 N–H and O–H groups in total. The normalized spacial score (nSPS) is 11.2. The molecule has 2 aromatic heterocycles. The van der Waals surface area contributed by atoms with E-state index in [0.29, 0.717) is 41.1 Å². The standard InChI is InChI=1S/C25H34N4O3/c1-4-6-7-8-9-10-11-15-29-23-22(18(3)28-29)24(30)27-21(26-23)17-19-13-12-14-20(16-19)25(31)32-5-2/h12-14,16H,4-11,15,17H2,1-3H3,(H,26,27,30). The highest BCUT2D eigenvalue weighted by molar-refractivity contribution is 5.89. The summed E-state index contributed by atoms with van der Waals surface area (Å²) in [5.74, 6) is 0.207. The van der Waals surface area contributed by atoms with Crippen LogP contribution < -0.4 is 5.56 Å². The molecule has 0 aliphatic heterocycles. The molecule has 3 rings (SSSR count). The summed E-state index contributed by atoms with van der Waals surface area (Å²) in [5.41, 5.74) is 2.54. The van der Waals surface area contributed by atoms with Gasteiger partial charge < -0.3 is 9.72 Å². The molecular weight excluding hydrogens is 404 g/mol. The Morgan fingerprint density at radius 1 is 1.09 bits per heavy atom. The third-order valence-electron chi connectivity index (χ3n) is 5.61. The van der Waals surface area contributed by atoms with Crippen molar-refractivity contribution in [3.63, 3.8) is 0 Å². The molecule has 0 aliphatic carbocycles. The maximum absolute atomic E-state index is 12.7. The van der Waals surface area contributed by atoms with Gasteiger partial charge in [0.1, 0.15) is 11.2 Å². The van der Waals surface area contributed by atoms with Gasteiger partial charge in [0, 0.05) is 13.0 Å². The second kappa shape index (κ2) is 11.6. The van der Waals surface area contributed by atoms with Gasteiger partial charge in [0.2, 0.25) is 0 Å². The summed E-state index contributed by atoms with van der Waals surface area (Å²) in [6, 6.07) is 7.23. The number of carbonyl (C=O) groups excluding carboxylic acids is 1. The minimum absolute atomic E-state index is 0.171. The van der Waals surface area contributed by atoms with Crippen LogP contribution in [0.25, 0.3) is 11.0 Å². The van der Waals surface area contributed by atoms with Crippen molar-refractivity contribution in [1.29, 1.82) is 0 Å². The molecule has 0 amide bonds. The highest BCUT2D eigenvalue weighted by Crippen LogP contribution is 2.16. The molecule has 0 spiro atoms. The number of unbranched alkanes of at least 4 members (excludes halogenated alkanes) is 6. The fourth-order valence-corrected chi connectivity index (χ4v) is 3.97. The summed E-state index contributed by atoms with van der Waals surface area (Å²) in [7, 11) is 0. The molecule has 1 aromatic carbocycles. The minimum atomic E-state index is -0.352. The van der Waals surface area contributed by atoms with Gasteiger partial charge in [-0.05, 0) is 38.0 Å². The molecule has 0 radical (unpaired) electrons. The summed E-state index contributed by atoms with van der Waals surface area (Å²) in [5, 5.41) is 5.13. The van der Waals surface area contributed by atoms with Crippen LogP contribution in [0.5, 0.6) is 0 Å². The Labute approximate surface area is 189 Å². The zero-order chi connectivity index (χ0) is 22.9. The Morgan fingerprint density at radius 3 is 2.59 bits per heavy atom. The van der Waals surface area contributed by atoms with Gasteiger partial charge in [-0.15, -0.1) is 0 Å². The number of aromatic amines is 1. The van der Waals surface area contributed by atoms with Crippen molar-refractivity contribution >= 4 is 17.0 Å². The fraction of sp³-hybridized carbons (Fsp3) is 0.520. The van der Waals surface area contributed by atoms with E-state index in [1.807, 2.05) is 23.7 Å².